The van der Waals surface area contributed by atoms with Crippen LogP contribution in [0, 0.1) is 12.8 Å². The number of anilines is 2. The molecule has 5 N–H and O–H groups in total. The van der Waals surface area contributed by atoms with Crippen molar-refractivity contribution in [2.75, 3.05) is 43.1 Å². The number of fused-ring (bicyclic) bond motifs is 1. The van der Waals surface area contributed by atoms with Crippen LogP contribution in [0.25, 0.3) is 22.4 Å². The molecule has 41 heavy (non-hydrogen) atoms. The Morgan fingerprint density at radius 1 is 1.27 bits per heavy atom. The Morgan fingerprint density at radius 2 is 2.07 bits per heavy atom. The van der Waals surface area contributed by atoms with Gasteiger partial charge in [0.25, 0.3) is 5.56 Å². The Labute approximate surface area is 240 Å². The zero-order valence-corrected chi connectivity index (χ0v) is 23.3. The van der Waals surface area contributed by atoms with E-state index >= 15 is 0 Å². The molecule has 0 aliphatic carbocycles. The number of nitrogens with zero attached hydrogens (tertiary/aromatic N) is 2. The number of alkyl halides is 1. The number of benzene rings is 2. The molecule has 4 aromatic rings. The molecule has 1 saturated heterocycles. The molecular weight excluding hydrogens is 551 g/mol. The van der Waals surface area contributed by atoms with Crippen molar-refractivity contribution in [2.24, 2.45) is 5.92 Å². The van der Waals surface area contributed by atoms with Crippen LogP contribution in [0.3, 0.4) is 0 Å². The quantitative estimate of drug-likeness (QED) is 0.139. The van der Waals surface area contributed by atoms with Crippen molar-refractivity contribution in [3.8, 4) is 11.4 Å². The topological polar surface area (TPSA) is 135 Å². The third-order valence-corrected chi connectivity index (χ3v) is 7.50. The van der Waals surface area contributed by atoms with Gasteiger partial charge >= 0.3 is 0 Å². The molecule has 12 heteroatoms. The molecule has 0 saturated carbocycles. The summed E-state index contributed by atoms with van der Waals surface area (Å²) in [6.07, 6.45) is 2.00. The molecule has 3 heterocycles. The van der Waals surface area contributed by atoms with Gasteiger partial charge in [-0.3, -0.25) is 14.4 Å². The van der Waals surface area contributed by atoms with Crippen LogP contribution in [0.4, 0.5) is 15.8 Å². The van der Waals surface area contributed by atoms with E-state index in [-0.39, 0.29) is 30.5 Å². The third-order valence-electron chi connectivity index (χ3n) is 7.26. The Hall–Kier alpha value is -3.93. The van der Waals surface area contributed by atoms with Gasteiger partial charge in [0.1, 0.15) is 24.7 Å². The number of carbonyl (C=O) groups excluding carboxylic acids is 1. The summed E-state index contributed by atoms with van der Waals surface area (Å²) in [5.41, 5.74) is 7.00. The lowest BCUT2D eigenvalue weighted by Gasteiger charge is -2.33. The Morgan fingerprint density at radius 3 is 2.83 bits per heavy atom. The number of rotatable bonds is 10. The molecule has 1 unspecified atom stereocenters. The molecule has 1 aliphatic heterocycles. The van der Waals surface area contributed by atoms with Crippen molar-refractivity contribution < 1.29 is 19.1 Å². The number of halogens is 2. The van der Waals surface area contributed by atoms with Gasteiger partial charge in [0.2, 0.25) is 5.91 Å². The number of amides is 1. The van der Waals surface area contributed by atoms with Crippen molar-refractivity contribution in [2.45, 2.75) is 25.9 Å². The van der Waals surface area contributed by atoms with Crippen LogP contribution in [0.15, 0.2) is 53.5 Å². The number of hydrogen-bond acceptors (Lipinski definition) is 7. The summed E-state index contributed by atoms with van der Waals surface area (Å²) in [7, 11) is 0. The highest BCUT2D eigenvalue weighted by Gasteiger charge is 2.26. The van der Waals surface area contributed by atoms with Gasteiger partial charge in [-0.2, -0.15) is 0 Å². The number of H-pyrrole nitrogens is 2. The van der Waals surface area contributed by atoms with Crippen molar-refractivity contribution in [3.05, 3.63) is 75.2 Å². The molecule has 1 amide bonds. The van der Waals surface area contributed by atoms with Crippen molar-refractivity contribution >= 4 is 39.9 Å². The minimum atomic E-state index is -0.834. The molecule has 216 valence electrons. The fourth-order valence-electron chi connectivity index (χ4n) is 5.12. The molecule has 5 rings (SSSR count). The zero-order valence-electron chi connectivity index (χ0n) is 22.5. The second-order valence-electron chi connectivity index (χ2n) is 10.1. The first-order chi connectivity index (χ1) is 19.8. The molecule has 1 atom stereocenters. The summed E-state index contributed by atoms with van der Waals surface area (Å²) in [5.74, 6) is -0.00593. The molecule has 0 spiro atoms. The SMILES string of the molecule is Cc1cc(N2CCC(C(=O)NOCCF)CC2)cc2[nH]c(-c3c(NCC(O)c4cccc(Cl)c4)cc[nH]c3=O)nc12. The van der Waals surface area contributed by atoms with E-state index < -0.39 is 12.8 Å². The van der Waals surface area contributed by atoms with Gasteiger partial charge in [-0.1, -0.05) is 23.7 Å². The summed E-state index contributed by atoms with van der Waals surface area (Å²) in [6.45, 7) is 2.67. The van der Waals surface area contributed by atoms with Gasteiger partial charge in [-0.05, 0) is 61.2 Å². The molecule has 2 aromatic heterocycles. The van der Waals surface area contributed by atoms with Crippen LogP contribution in [0.2, 0.25) is 5.02 Å². The first-order valence-electron chi connectivity index (χ1n) is 13.5. The van der Waals surface area contributed by atoms with Crippen LogP contribution < -0.4 is 21.3 Å². The number of aryl methyl sites for hydroxylation is 1. The summed E-state index contributed by atoms with van der Waals surface area (Å²) < 4.78 is 12.2. The van der Waals surface area contributed by atoms with Gasteiger partial charge in [0.15, 0.2) is 0 Å². The predicted octanol–water partition coefficient (Wildman–Crippen LogP) is 4.26. The number of aromatic nitrogens is 3. The molecule has 0 radical (unpaired) electrons. The van der Waals surface area contributed by atoms with E-state index in [1.807, 2.05) is 19.1 Å². The number of aliphatic hydroxyl groups excluding tert-OH is 1. The Kier molecular flexibility index (Phi) is 8.87. The van der Waals surface area contributed by atoms with Gasteiger partial charge in [-0.15, -0.1) is 0 Å². The number of pyridine rings is 1. The number of piperidine rings is 1. The lowest BCUT2D eigenvalue weighted by molar-refractivity contribution is -0.138. The zero-order chi connectivity index (χ0) is 28.9. The molecular formula is C29H32ClFN6O4. The maximum absolute atomic E-state index is 12.9. The maximum atomic E-state index is 12.9. The number of imidazole rings is 1. The minimum absolute atomic E-state index is 0.159. The lowest BCUT2D eigenvalue weighted by atomic mass is 9.95. The fourth-order valence-corrected chi connectivity index (χ4v) is 5.31. The lowest BCUT2D eigenvalue weighted by Crippen LogP contribution is -2.40. The first-order valence-corrected chi connectivity index (χ1v) is 13.8. The number of carbonyl (C=O) groups is 1. The smallest absolute Gasteiger partial charge is 0.261 e. The number of aliphatic hydroxyl groups is 1. The average molecular weight is 583 g/mol. The van der Waals surface area contributed by atoms with E-state index in [0.717, 1.165) is 22.3 Å². The highest BCUT2D eigenvalue weighted by atomic mass is 35.5. The number of nitrogens with one attached hydrogen (secondary N) is 4. The predicted molar refractivity (Wildman–Crippen MR) is 157 cm³/mol. The number of hydroxylamine groups is 1. The monoisotopic (exact) mass is 582 g/mol. The summed E-state index contributed by atoms with van der Waals surface area (Å²) >= 11 is 6.06. The van der Waals surface area contributed by atoms with E-state index in [2.05, 4.69) is 25.7 Å². The van der Waals surface area contributed by atoms with Gasteiger partial charge in [0, 0.05) is 42.5 Å². The van der Waals surface area contributed by atoms with E-state index in [1.54, 1.807) is 36.5 Å². The Bertz CT molecular complexity index is 1580. The summed E-state index contributed by atoms with van der Waals surface area (Å²) in [4.78, 5) is 43.0. The minimum Gasteiger partial charge on any atom is -0.387 e. The maximum Gasteiger partial charge on any atom is 0.261 e. The van der Waals surface area contributed by atoms with Crippen molar-refractivity contribution in [3.63, 3.8) is 0 Å². The third kappa shape index (κ3) is 6.53. The van der Waals surface area contributed by atoms with Crippen LogP contribution in [-0.4, -0.2) is 58.9 Å². The van der Waals surface area contributed by atoms with Gasteiger partial charge < -0.3 is 25.3 Å². The normalized spacial score (nSPS) is 14.8. The Balaban J connectivity index is 1.33. The highest BCUT2D eigenvalue weighted by molar-refractivity contribution is 6.30. The first kappa shape index (κ1) is 28.6. The molecule has 10 nitrogen and oxygen atoms in total. The molecule has 2 aromatic carbocycles. The highest BCUT2D eigenvalue weighted by Crippen LogP contribution is 2.31. The van der Waals surface area contributed by atoms with E-state index in [9.17, 15) is 19.1 Å². The van der Waals surface area contributed by atoms with Gasteiger partial charge in [0.05, 0.1) is 22.8 Å². The van der Waals surface area contributed by atoms with Gasteiger partial charge in [-0.25, -0.2) is 14.9 Å². The second-order valence-corrected chi connectivity index (χ2v) is 10.5. The van der Waals surface area contributed by atoms with Crippen molar-refractivity contribution in [1.82, 2.24) is 20.4 Å². The number of hydrogen-bond donors (Lipinski definition) is 5. The summed E-state index contributed by atoms with van der Waals surface area (Å²) in [5, 5.41) is 14.4. The molecule has 1 fully saturated rings. The average Bonchev–Trinajstić information content (AvgIpc) is 3.40. The van der Waals surface area contributed by atoms with E-state index in [1.165, 1.54) is 0 Å². The number of aromatic amines is 2. The van der Waals surface area contributed by atoms with E-state index in [0.29, 0.717) is 53.6 Å². The van der Waals surface area contributed by atoms with Crippen LogP contribution in [-0.2, 0) is 9.63 Å². The second kappa shape index (κ2) is 12.7. The molecule has 1 aliphatic rings. The standard InChI is InChI=1S/C29H32ClFN6O4/c1-17-13-21(37-10-6-18(7-11-37)28(39)36-41-12-8-31)15-23-26(17)35-27(34-23)25-22(5-9-32-29(25)40)33-16-24(38)19-3-2-4-20(30)14-19/h2-5,9,13-15,18,24,38H,6-8,10-12,16H2,1H3,(H,34,35)(H,36,39)(H2,32,33,40). The van der Waals surface area contributed by atoms with Crippen LogP contribution >= 0.6 is 11.6 Å². The fraction of sp³-hybridized carbons (Fsp3) is 0.345. The summed E-state index contributed by atoms with van der Waals surface area (Å²) in [6, 6.07) is 12.8. The van der Waals surface area contributed by atoms with E-state index in [4.69, 9.17) is 21.4 Å². The van der Waals surface area contributed by atoms with Crippen LogP contribution in [0.5, 0.6) is 0 Å². The van der Waals surface area contributed by atoms with Crippen LogP contribution in [0.1, 0.15) is 30.1 Å². The largest absolute Gasteiger partial charge is 0.387 e. The molecule has 0 bridgehead atoms. The van der Waals surface area contributed by atoms with Crippen molar-refractivity contribution in [1.29, 1.82) is 0 Å².